The van der Waals surface area contributed by atoms with Crippen molar-refractivity contribution in [1.29, 1.82) is 0 Å². The number of amides is 2. The predicted octanol–water partition coefficient (Wildman–Crippen LogP) is 2.71. The third kappa shape index (κ3) is 4.90. The number of nitrogens with one attached hydrogen (secondary N) is 2. The van der Waals surface area contributed by atoms with Crippen LogP contribution in [0.2, 0.25) is 10.0 Å². The van der Waals surface area contributed by atoms with Gasteiger partial charge in [0.2, 0.25) is 0 Å². The molecule has 1 aliphatic rings. The maximum Gasteiger partial charge on any atom is 0.309 e. The summed E-state index contributed by atoms with van der Waals surface area (Å²) in [5.41, 5.74) is 0.887. The standard InChI is InChI=1S/C15H18Cl2N2O2/c16-11-6-5-10(13(17)9-11)7-8-18-14(20)15(21)19-12-3-1-2-4-12/h5-6,9,12H,1-4,7-8H2,(H,18,20)(H,19,21). The van der Waals surface area contributed by atoms with Gasteiger partial charge in [-0.3, -0.25) is 9.59 Å². The zero-order chi connectivity index (χ0) is 15.2. The Morgan fingerprint density at radius 1 is 1.14 bits per heavy atom. The molecule has 0 radical (unpaired) electrons. The minimum atomic E-state index is -0.591. The van der Waals surface area contributed by atoms with Crippen molar-refractivity contribution in [1.82, 2.24) is 10.6 Å². The van der Waals surface area contributed by atoms with Gasteiger partial charge in [-0.1, -0.05) is 42.1 Å². The van der Waals surface area contributed by atoms with E-state index in [4.69, 9.17) is 23.2 Å². The summed E-state index contributed by atoms with van der Waals surface area (Å²) in [4.78, 5) is 23.4. The van der Waals surface area contributed by atoms with E-state index in [2.05, 4.69) is 10.6 Å². The third-order valence-corrected chi connectivity index (χ3v) is 4.18. The lowest BCUT2D eigenvalue weighted by atomic mass is 10.1. The van der Waals surface area contributed by atoms with Crippen molar-refractivity contribution in [3.63, 3.8) is 0 Å². The zero-order valence-corrected chi connectivity index (χ0v) is 13.1. The molecule has 1 aromatic carbocycles. The van der Waals surface area contributed by atoms with Crippen LogP contribution in [-0.4, -0.2) is 24.4 Å². The molecule has 1 aromatic rings. The van der Waals surface area contributed by atoms with Gasteiger partial charge in [0.15, 0.2) is 0 Å². The maximum absolute atomic E-state index is 11.7. The molecular formula is C15H18Cl2N2O2. The highest BCUT2D eigenvalue weighted by molar-refractivity contribution is 6.35. The lowest BCUT2D eigenvalue weighted by Gasteiger charge is -2.11. The quantitative estimate of drug-likeness (QED) is 0.835. The Balaban J connectivity index is 1.74. The summed E-state index contributed by atoms with van der Waals surface area (Å²) >= 11 is 11.9. The minimum Gasteiger partial charge on any atom is -0.348 e. The zero-order valence-electron chi connectivity index (χ0n) is 11.6. The lowest BCUT2D eigenvalue weighted by Crippen LogP contribution is -2.44. The summed E-state index contributed by atoms with van der Waals surface area (Å²) in [6, 6.07) is 5.37. The van der Waals surface area contributed by atoms with Crippen LogP contribution in [0, 0.1) is 0 Å². The van der Waals surface area contributed by atoms with Crippen LogP contribution in [-0.2, 0) is 16.0 Å². The fraction of sp³-hybridized carbons (Fsp3) is 0.467. The van der Waals surface area contributed by atoms with E-state index in [1.807, 2.05) is 6.07 Å². The number of hydrogen-bond donors (Lipinski definition) is 2. The second-order valence-corrected chi connectivity index (χ2v) is 6.04. The molecular weight excluding hydrogens is 311 g/mol. The summed E-state index contributed by atoms with van der Waals surface area (Å²) in [5, 5.41) is 6.49. The Morgan fingerprint density at radius 3 is 2.52 bits per heavy atom. The second kappa shape index (κ2) is 7.66. The number of hydrogen-bond acceptors (Lipinski definition) is 2. The van der Waals surface area contributed by atoms with E-state index >= 15 is 0 Å². The van der Waals surface area contributed by atoms with E-state index in [0.29, 0.717) is 23.0 Å². The molecule has 0 aromatic heterocycles. The Kier molecular flexibility index (Phi) is 5.88. The van der Waals surface area contributed by atoms with Gasteiger partial charge in [0.05, 0.1) is 0 Å². The minimum absolute atomic E-state index is 0.147. The normalized spacial score (nSPS) is 15.0. The summed E-state index contributed by atoms with van der Waals surface area (Å²) in [6.07, 6.45) is 4.69. The molecule has 0 heterocycles. The van der Waals surface area contributed by atoms with Crippen molar-refractivity contribution in [3.8, 4) is 0 Å². The number of rotatable bonds is 4. The van der Waals surface area contributed by atoms with Crippen molar-refractivity contribution in [2.75, 3.05) is 6.54 Å². The van der Waals surface area contributed by atoms with E-state index in [-0.39, 0.29) is 6.04 Å². The van der Waals surface area contributed by atoms with Gasteiger partial charge in [0.25, 0.3) is 0 Å². The van der Waals surface area contributed by atoms with Crippen molar-refractivity contribution in [2.45, 2.75) is 38.1 Å². The van der Waals surface area contributed by atoms with Crippen molar-refractivity contribution >= 4 is 35.0 Å². The monoisotopic (exact) mass is 328 g/mol. The lowest BCUT2D eigenvalue weighted by molar-refractivity contribution is -0.139. The molecule has 4 nitrogen and oxygen atoms in total. The summed E-state index contributed by atoms with van der Waals surface area (Å²) in [7, 11) is 0. The van der Waals surface area contributed by atoms with Crippen LogP contribution >= 0.6 is 23.2 Å². The fourth-order valence-electron chi connectivity index (χ4n) is 2.44. The van der Waals surface area contributed by atoms with Crippen LogP contribution in [0.4, 0.5) is 0 Å². The average molecular weight is 329 g/mol. The smallest absolute Gasteiger partial charge is 0.309 e. The molecule has 0 bridgehead atoms. The van der Waals surface area contributed by atoms with Crippen molar-refractivity contribution < 1.29 is 9.59 Å². The van der Waals surface area contributed by atoms with Gasteiger partial charge in [0, 0.05) is 22.6 Å². The molecule has 2 amide bonds. The van der Waals surface area contributed by atoms with Gasteiger partial charge in [-0.15, -0.1) is 0 Å². The van der Waals surface area contributed by atoms with Gasteiger partial charge < -0.3 is 10.6 Å². The molecule has 0 spiro atoms. The van der Waals surface area contributed by atoms with E-state index in [0.717, 1.165) is 31.2 Å². The molecule has 0 saturated heterocycles. The van der Waals surface area contributed by atoms with E-state index in [1.165, 1.54) is 0 Å². The van der Waals surface area contributed by atoms with E-state index < -0.39 is 11.8 Å². The molecule has 6 heteroatoms. The van der Waals surface area contributed by atoms with Crippen LogP contribution in [0.25, 0.3) is 0 Å². The highest BCUT2D eigenvalue weighted by Crippen LogP contribution is 2.21. The van der Waals surface area contributed by atoms with Crippen LogP contribution in [0.15, 0.2) is 18.2 Å². The first-order chi connectivity index (χ1) is 10.1. The SMILES string of the molecule is O=C(NCCc1ccc(Cl)cc1Cl)C(=O)NC1CCCC1. The number of carbonyl (C=O) groups excluding carboxylic acids is 2. The molecule has 1 fully saturated rings. The van der Waals surface area contributed by atoms with Crippen LogP contribution in [0.3, 0.4) is 0 Å². The number of carbonyl (C=O) groups is 2. The molecule has 0 atom stereocenters. The molecule has 0 aliphatic heterocycles. The van der Waals surface area contributed by atoms with Gasteiger partial charge in [0.1, 0.15) is 0 Å². The molecule has 21 heavy (non-hydrogen) atoms. The third-order valence-electron chi connectivity index (χ3n) is 3.59. The number of halogens is 2. The van der Waals surface area contributed by atoms with Crippen LogP contribution in [0.1, 0.15) is 31.2 Å². The first kappa shape index (κ1) is 16.1. The summed E-state index contributed by atoms with van der Waals surface area (Å²) < 4.78 is 0. The van der Waals surface area contributed by atoms with Crippen molar-refractivity contribution in [2.24, 2.45) is 0 Å². The van der Waals surface area contributed by atoms with Gasteiger partial charge in [-0.05, 0) is 37.0 Å². The van der Waals surface area contributed by atoms with Gasteiger partial charge in [-0.25, -0.2) is 0 Å². The maximum atomic E-state index is 11.7. The van der Waals surface area contributed by atoms with Crippen molar-refractivity contribution in [3.05, 3.63) is 33.8 Å². The second-order valence-electron chi connectivity index (χ2n) is 5.20. The molecule has 114 valence electrons. The highest BCUT2D eigenvalue weighted by atomic mass is 35.5. The van der Waals surface area contributed by atoms with E-state index in [9.17, 15) is 9.59 Å². The predicted molar refractivity (Wildman–Crippen MR) is 83.6 cm³/mol. The highest BCUT2D eigenvalue weighted by Gasteiger charge is 2.20. The molecule has 2 N–H and O–H groups in total. The fourth-order valence-corrected chi connectivity index (χ4v) is 2.94. The Hall–Kier alpha value is -1.26. The van der Waals surface area contributed by atoms with Gasteiger partial charge >= 0.3 is 11.8 Å². The van der Waals surface area contributed by atoms with E-state index in [1.54, 1.807) is 12.1 Å². The summed E-state index contributed by atoms with van der Waals surface area (Å²) in [5.74, 6) is -1.14. The molecule has 0 unspecified atom stereocenters. The Bertz CT molecular complexity index is 528. The topological polar surface area (TPSA) is 58.2 Å². The first-order valence-electron chi connectivity index (χ1n) is 7.09. The molecule has 1 saturated carbocycles. The largest absolute Gasteiger partial charge is 0.348 e. The Morgan fingerprint density at radius 2 is 1.86 bits per heavy atom. The van der Waals surface area contributed by atoms with Gasteiger partial charge in [-0.2, -0.15) is 0 Å². The molecule has 1 aliphatic carbocycles. The molecule has 2 rings (SSSR count). The number of benzene rings is 1. The summed E-state index contributed by atoms with van der Waals surface area (Å²) in [6.45, 7) is 0.359. The van der Waals surface area contributed by atoms with Crippen LogP contribution < -0.4 is 10.6 Å². The average Bonchev–Trinajstić information content (AvgIpc) is 2.94. The van der Waals surface area contributed by atoms with Crippen LogP contribution in [0.5, 0.6) is 0 Å². The Labute approximate surface area is 134 Å². The first-order valence-corrected chi connectivity index (χ1v) is 7.84.